The smallest absolute Gasteiger partial charge is 0.261 e. The minimum absolute atomic E-state index is 0.0101. The van der Waals surface area contributed by atoms with Crippen molar-refractivity contribution < 1.29 is 22.4 Å². The SMILES string of the molecule is CC(=O)c1ccc(S(=O)(=O)Nc2ccc(C(=O)Nc3cc(F)ccc3C)cc2)cc1. The average Bonchev–Trinajstić information content (AvgIpc) is 2.71. The van der Waals surface area contributed by atoms with Crippen LogP contribution in [0.25, 0.3) is 0 Å². The zero-order valence-corrected chi connectivity index (χ0v) is 17.1. The lowest BCUT2D eigenvalue weighted by Gasteiger charge is -2.11. The molecule has 0 atom stereocenters. The number of hydrogen-bond acceptors (Lipinski definition) is 4. The van der Waals surface area contributed by atoms with Gasteiger partial charge < -0.3 is 5.32 Å². The third kappa shape index (κ3) is 4.90. The molecule has 3 aromatic carbocycles. The van der Waals surface area contributed by atoms with E-state index in [1.165, 1.54) is 67.6 Å². The number of aryl methyl sites for hydroxylation is 1. The molecule has 0 aromatic heterocycles. The van der Waals surface area contributed by atoms with Crippen LogP contribution in [-0.4, -0.2) is 20.1 Å². The van der Waals surface area contributed by atoms with Gasteiger partial charge in [0.05, 0.1) is 4.90 Å². The van der Waals surface area contributed by atoms with Crippen molar-refractivity contribution in [2.45, 2.75) is 18.7 Å². The van der Waals surface area contributed by atoms with Crippen LogP contribution in [0.15, 0.2) is 71.6 Å². The summed E-state index contributed by atoms with van der Waals surface area (Å²) in [6.07, 6.45) is 0. The van der Waals surface area contributed by atoms with Gasteiger partial charge in [0, 0.05) is 22.5 Å². The minimum Gasteiger partial charge on any atom is -0.322 e. The molecule has 0 radical (unpaired) electrons. The summed E-state index contributed by atoms with van der Waals surface area (Å²) >= 11 is 0. The number of halogens is 1. The quantitative estimate of drug-likeness (QED) is 0.572. The molecule has 154 valence electrons. The molecule has 6 nitrogen and oxygen atoms in total. The number of ketones is 1. The van der Waals surface area contributed by atoms with Gasteiger partial charge in [-0.3, -0.25) is 14.3 Å². The van der Waals surface area contributed by atoms with Crippen molar-refractivity contribution in [3.05, 3.63) is 89.2 Å². The highest BCUT2D eigenvalue weighted by Crippen LogP contribution is 2.20. The Hall–Kier alpha value is -3.52. The van der Waals surface area contributed by atoms with Gasteiger partial charge in [-0.25, -0.2) is 12.8 Å². The van der Waals surface area contributed by atoms with Crippen LogP contribution in [-0.2, 0) is 10.0 Å². The summed E-state index contributed by atoms with van der Waals surface area (Å²) in [6, 6.07) is 15.5. The monoisotopic (exact) mass is 426 g/mol. The minimum atomic E-state index is -3.85. The van der Waals surface area contributed by atoms with E-state index in [-0.39, 0.29) is 21.9 Å². The van der Waals surface area contributed by atoms with Gasteiger partial charge in [0.2, 0.25) is 0 Å². The number of carbonyl (C=O) groups is 2. The Kier molecular flexibility index (Phi) is 5.98. The topological polar surface area (TPSA) is 92.3 Å². The van der Waals surface area contributed by atoms with Crippen molar-refractivity contribution >= 4 is 33.1 Å². The largest absolute Gasteiger partial charge is 0.322 e. The maximum absolute atomic E-state index is 13.4. The number of hydrogen-bond donors (Lipinski definition) is 2. The lowest BCUT2D eigenvalue weighted by Crippen LogP contribution is -2.15. The van der Waals surface area contributed by atoms with E-state index in [4.69, 9.17) is 0 Å². The maximum atomic E-state index is 13.4. The highest BCUT2D eigenvalue weighted by Gasteiger charge is 2.15. The molecule has 3 aromatic rings. The predicted molar refractivity (Wildman–Crippen MR) is 113 cm³/mol. The first-order chi connectivity index (χ1) is 14.2. The zero-order chi connectivity index (χ0) is 21.9. The Morgan fingerprint density at radius 3 is 2.07 bits per heavy atom. The van der Waals surface area contributed by atoms with Crippen molar-refractivity contribution in [3.8, 4) is 0 Å². The van der Waals surface area contributed by atoms with Crippen molar-refractivity contribution in [2.24, 2.45) is 0 Å². The molecule has 8 heteroatoms. The Labute approximate surface area is 173 Å². The van der Waals surface area contributed by atoms with Crippen molar-refractivity contribution in [3.63, 3.8) is 0 Å². The molecule has 0 aliphatic carbocycles. The van der Waals surface area contributed by atoms with Crippen LogP contribution < -0.4 is 10.0 Å². The second kappa shape index (κ2) is 8.46. The van der Waals surface area contributed by atoms with Gasteiger partial charge in [0.15, 0.2) is 5.78 Å². The summed E-state index contributed by atoms with van der Waals surface area (Å²) in [6.45, 7) is 3.14. The van der Waals surface area contributed by atoms with Crippen LogP contribution in [0, 0.1) is 12.7 Å². The van der Waals surface area contributed by atoms with E-state index >= 15 is 0 Å². The summed E-state index contributed by atoms with van der Waals surface area (Å²) in [4.78, 5) is 23.7. The lowest BCUT2D eigenvalue weighted by molar-refractivity contribution is 0.101. The van der Waals surface area contributed by atoms with Gasteiger partial charge >= 0.3 is 0 Å². The van der Waals surface area contributed by atoms with E-state index in [0.717, 1.165) is 0 Å². The summed E-state index contributed by atoms with van der Waals surface area (Å²) < 4.78 is 40.8. The number of benzene rings is 3. The van der Waals surface area contributed by atoms with Gasteiger partial charge in [-0.1, -0.05) is 18.2 Å². The van der Waals surface area contributed by atoms with E-state index in [0.29, 0.717) is 16.8 Å². The highest BCUT2D eigenvalue weighted by atomic mass is 32.2. The Bertz CT molecular complexity index is 1200. The van der Waals surface area contributed by atoms with Crippen molar-refractivity contribution in [1.29, 1.82) is 0 Å². The molecule has 0 saturated carbocycles. The molecule has 0 bridgehead atoms. The fraction of sp³-hybridized carbons (Fsp3) is 0.0909. The number of rotatable bonds is 6. The number of nitrogens with one attached hydrogen (secondary N) is 2. The summed E-state index contributed by atoms with van der Waals surface area (Å²) in [7, 11) is -3.85. The van der Waals surface area contributed by atoms with E-state index in [2.05, 4.69) is 10.0 Å². The molecule has 0 heterocycles. The molecule has 0 unspecified atom stereocenters. The molecular weight excluding hydrogens is 407 g/mol. The molecule has 3 rings (SSSR count). The van der Waals surface area contributed by atoms with Gasteiger partial charge in [0.25, 0.3) is 15.9 Å². The first-order valence-electron chi connectivity index (χ1n) is 8.97. The molecule has 0 aliphatic heterocycles. The summed E-state index contributed by atoms with van der Waals surface area (Å²) in [5.74, 6) is -1.07. The second-order valence-electron chi connectivity index (χ2n) is 6.68. The number of Topliss-reactive ketones (excluding diaryl/α,β-unsaturated/α-hetero) is 1. The number of carbonyl (C=O) groups excluding carboxylic acids is 2. The van der Waals surface area contributed by atoms with Crippen LogP contribution in [0.5, 0.6) is 0 Å². The number of sulfonamides is 1. The van der Waals surface area contributed by atoms with Gasteiger partial charge in [0.1, 0.15) is 5.82 Å². The van der Waals surface area contributed by atoms with Crippen LogP contribution in [0.1, 0.15) is 33.2 Å². The average molecular weight is 426 g/mol. The number of amides is 1. The fourth-order valence-electron chi connectivity index (χ4n) is 2.70. The van der Waals surface area contributed by atoms with Crippen LogP contribution >= 0.6 is 0 Å². The van der Waals surface area contributed by atoms with Gasteiger partial charge in [-0.05, 0) is 67.9 Å². The van der Waals surface area contributed by atoms with E-state index in [1.807, 2.05) is 0 Å². The van der Waals surface area contributed by atoms with E-state index in [9.17, 15) is 22.4 Å². The molecule has 0 aliphatic rings. The van der Waals surface area contributed by atoms with Crippen molar-refractivity contribution in [2.75, 3.05) is 10.0 Å². The standard InChI is InChI=1S/C22H19FN2O4S/c1-14-3-8-18(23)13-21(14)24-22(27)17-4-9-19(10-5-17)25-30(28,29)20-11-6-16(7-12-20)15(2)26/h3-13,25H,1-2H3,(H,24,27). The van der Waals surface area contributed by atoms with Gasteiger partial charge in [-0.2, -0.15) is 0 Å². The highest BCUT2D eigenvalue weighted by molar-refractivity contribution is 7.92. The maximum Gasteiger partial charge on any atom is 0.261 e. The van der Waals surface area contributed by atoms with Crippen LogP contribution in [0.2, 0.25) is 0 Å². The zero-order valence-electron chi connectivity index (χ0n) is 16.3. The van der Waals surface area contributed by atoms with Crippen LogP contribution in [0.3, 0.4) is 0 Å². The third-order valence-electron chi connectivity index (χ3n) is 4.42. The first-order valence-corrected chi connectivity index (χ1v) is 10.5. The Morgan fingerprint density at radius 2 is 1.47 bits per heavy atom. The summed E-state index contributed by atoms with van der Waals surface area (Å²) in [5.41, 5.74) is 2.04. The first kappa shape index (κ1) is 21.2. The van der Waals surface area contributed by atoms with E-state index in [1.54, 1.807) is 13.0 Å². The molecule has 0 fully saturated rings. The summed E-state index contributed by atoms with van der Waals surface area (Å²) in [5, 5.41) is 2.63. The molecule has 0 saturated heterocycles. The third-order valence-corrected chi connectivity index (χ3v) is 5.82. The van der Waals surface area contributed by atoms with Crippen molar-refractivity contribution in [1.82, 2.24) is 0 Å². The number of anilines is 2. The fourth-order valence-corrected chi connectivity index (χ4v) is 3.75. The molecule has 30 heavy (non-hydrogen) atoms. The van der Waals surface area contributed by atoms with E-state index < -0.39 is 21.7 Å². The second-order valence-corrected chi connectivity index (χ2v) is 8.36. The Balaban J connectivity index is 1.72. The van der Waals surface area contributed by atoms with Gasteiger partial charge in [-0.15, -0.1) is 0 Å². The molecule has 1 amide bonds. The Morgan fingerprint density at radius 1 is 0.867 bits per heavy atom. The molecule has 2 N–H and O–H groups in total. The molecule has 0 spiro atoms. The lowest BCUT2D eigenvalue weighted by atomic mass is 10.1. The predicted octanol–water partition coefficient (Wildman–Crippen LogP) is 4.39. The normalized spacial score (nSPS) is 11.0. The molecular formula is C22H19FN2O4S. The van der Waals surface area contributed by atoms with Crippen LogP contribution in [0.4, 0.5) is 15.8 Å².